The molecule has 146 valence electrons. The van der Waals surface area contributed by atoms with E-state index < -0.39 is 10.0 Å². The maximum absolute atomic E-state index is 12.9. The van der Waals surface area contributed by atoms with Gasteiger partial charge in [-0.05, 0) is 38.0 Å². The van der Waals surface area contributed by atoms with Crippen LogP contribution in [0.1, 0.15) is 36.9 Å². The van der Waals surface area contributed by atoms with E-state index in [2.05, 4.69) is 15.6 Å². The van der Waals surface area contributed by atoms with Crippen molar-refractivity contribution in [3.8, 4) is 0 Å². The van der Waals surface area contributed by atoms with E-state index in [0.29, 0.717) is 23.0 Å². The number of aryl methyl sites for hydroxylation is 1. The highest BCUT2D eigenvalue weighted by atomic mass is 32.2. The standard InChI is InChI=1S/C18H24N4O3S2/c1-4-13-5-7-14(8-6-13)27(24,25)22-10-9-15-16(11-22)26-18(20-15)21-17(23)19-12(2)3/h5-8,12H,4,9-11H2,1-3H3,(H2,19,20,21,23). The minimum absolute atomic E-state index is 0.0271. The van der Waals surface area contributed by atoms with Gasteiger partial charge in [-0.1, -0.05) is 30.4 Å². The highest BCUT2D eigenvalue weighted by Gasteiger charge is 2.30. The molecule has 3 rings (SSSR count). The van der Waals surface area contributed by atoms with Gasteiger partial charge in [0, 0.05) is 23.9 Å². The summed E-state index contributed by atoms with van der Waals surface area (Å²) in [6, 6.07) is 6.75. The van der Waals surface area contributed by atoms with Crippen molar-refractivity contribution < 1.29 is 13.2 Å². The molecule has 2 amide bonds. The van der Waals surface area contributed by atoms with Crippen molar-refractivity contribution in [2.24, 2.45) is 0 Å². The number of hydrogen-bond acceptors (Lipinski definition) is 5. The van der Waals surface area contributed by atoms with E-state index in [-0.39, 0.29) is 18.6 Å². The molecule has 0 aliphatic carbocycles. The van der Waals surface area contributed by atoms with Gasteiger partial charge in [-0.3, -0.25) is 5.32 Å². The summed E-state index contributed by atoms with van der Waals surface area (Å²) in [4.78, 5) is 17.4. The zero-order valence-electron chi connectivity index (χ0n) is 15.7. The van der Waals surface area contributed by atoms with Crippen molar-refractivity contribution in [2.45, 2.75) is 51.1 Å². The molecule has 1 aliphatic rings. The van der Waals surface area contributed by atoms with E-state index in [0.717, 1.165) is 22.6 Å². The molecular weight excluding hydrogens is 384 g/mol. The summed E-state index contributed by atoms with van der Waals surface area (Å²) in [5, 5.41) is 5.95. The number of carbonyl (C=O) groups excluding carboxylic acids is 1. The molecule has 0 atom stereocenters. The van der Waals surface area contributed by atoms with Gasteiger partial charge in [-0.15, -0.1) is 0 Å². The van der Waals surface area contributed by atoms with Crippen molar-refractivity contribution in [2.75, 3.05) is 11.9 Å². The topological polar surface area (TPSA) is 91.4 Å². The molecular formula is C18H24N4O3S2. The lowest BCUT2D eigenvalue weighted by Crippen LogP contribution is -2.35. The van der Waals surface area contributed by atoms with Gasteiger partial charge < -0.3 is 5.32 Å². The first-order chi connectivity index (χ1) is 12.8. The fourth-order valence-corrected chi connectivity index (χ4v) is 5.38. The molecule has 1 aromatic heterocycles. The lowest BCUT2D eigenvalue weighted by Gasteiger charge is -2.25. The van der Waals surface area contributed by atoms with Gasteiger partial charge in [0.25, 0.3) is 0 Å². The highest BCUT2D eigenvalue weighted by molar-refractivity contribution is 7.89. The number of sulfonamides is 1. The number of amides is 2. The number of benzene rings is 1. The van der Waals surface area contributed by atoms with Crippen LogP contribution in [0.5, 0.6) is 0 Å². The van der Waals surface area contributed by atoms with Gasteiger partial charge in [-0.25, -0.2) is 18.2 Å². The van der Waals surface area contributed by atoms with E-state index in [4.69, 9.17) is 0 Å². The van der Waals surface area contributed by atoms with Gasteiger partial charge in [0.1, 0.15) is 0 Å². The van der Waals surface area contributed by atoms with Crippen LogP contribution >= 0.6 is 11.3 Å². The molecule has 9 heteroatoms. The third kappa shape index (κ3) is 4.48. The number of carbonyl (C=O) groups is 1. The molecule has 0 saturated heterocycles. The van der Waals surface area contributed by atoms with Gasteiger partial charge in [0.2, 0.25) is 10.0 Å². The lowest BCUT2D eigenvalue weighted by atomic mass is 10.2. The Labute approximate surface area is 163 Å². The first-order valence-electron chi connectivity index (χ1n) is 8.94. The van der Waals surface area contributed by atoms with Crippen LogP contribution in [0.25, 0.3) is 0 Å². The lowest BCUT2D eigenvalue weighted by molar-refractivity contribution is 0.250. The first kappa shape index (κ1) is 19.8. The normalized spacial score (nSPS) is 14.8. The van der Waals surface area contributed by atoms with Crippen molar-refractivity contribution in [1.82, 2.24) is 14.6 Å². The summed E-state index contributed by atoms with van der Waals surface area (Å²) >= 11 is 1.32. The minimum Gasteiger partial charge on any atom is -0.336 e. The van der Waals surface area contributed by atoms with Crippen LogP contribution < -0.4 is 10.6 Å². The summed E-state index contributed by atoms with van der Waals surface area (Å²) in [7, 11) is -3.55. The number of urea groups is 1. The maximum Gasteiger partial charge on any atom is 0.321 e. The van der Waals surface area contributed by atoms with Crippen LogP contribution in [0.2, 0.25) is 0 Å². The molecule has 1 aliphatic heterocycles. The van der Waals surface area contributed by atoms with Crippen LogP contribution in [-0.2, 0) is 29.4 Å². The van der Waals surface area contributed by atoms with E-state index in [1.165, 1.54) is 15.6 Å². The smallest absolute Gasteiger partial charge is 0.321 e. The van der Waals surface area contributed by atoms with Crippen molar-refractivity contribution >= 4 is 32.5 Å². The predicted molar refractivity (Wildman–Crippen MR) is 107 cm³/mol. The number of hydrogen-bond donors (Lipinski definition) is 2. The SMILES string of the molecule is CCc1ccc(S(=O)(=O)N2CCc3nc(NC(=O)NC(C)C)sc3C2)cc1. The molecule has 0 fully saturated rings. The number of thiazole rings is 1. The average molecular weight is 409 g/mol. The average Bonchev–Trinajstić information content (AvgIpc) is 3.02. The molecule has 0 saturated carbocycles. The van der Waals surface area contributed by atoms with Crippen LogP contribution in [0.4, 0.5) is 9.93 Å². The monoisotopic (exact) mass is 408 g/mol. The molecule has 2 heterocycles. The van der Waals surface area contributed by atoms with Crippen molar-refractivity contribution in [3.63, 3.8) is 0 Å². The minimum atomic E-state index is -3.55. The Morgan fingerprint density at radius 1 is 1.30 bits per heavy atom. The summed E-state index contributed by atoms with van der Waals surface area (Å²) < 4.78 is 27.3. The van der Waals surface area contributed by atoms with Crippen LogP contribution in [0, 0.1) is 0 Å². The van der Waals surface area contributed by atoms with Crippen molar-refractivity contribution in [3.05, 3.63) is 40.4 Å². The number of nitrogens with one attached hydrogen (secondary N) is 2. The molecule has 2 N–H and O–H groups in total. The first-order valence-corrected chi connectivity index (χ1v) is 11.2. The summed E-state index contributed by atoms with van der Waals surface area (Å²) in [6.07, 6.45) is 1.40. The Morgan fingerprint density at radius 3 is 2.63 bits per heavy atom. The molecule has 0 bridgehead atoms. The number of aromatic nitrogens is 1. The Balaban J connectivity index is 1.74. The number of fused-ring (bicyclic) bond motifs is 1. The zero-order valence-corrected chi connectivity index (χ0v) is 17.3. The Kier molecular flexibility index (Phi) is 5.83. The Bertz CT molecular complexity index is 921. The molecule has 1 aromatic carbocycles. The molecule has 27 heavy (non-hydrogen) atoms. The van der Waals surface area contributed by atoms with Gasteiger partial charge >= 0.3 is 6.03 Å². The summed E-state index contributed by atoms with van der Waals surface area (Å²) in [6.45, 7) is 6.45. The third-order valence-electron chi connectivity index (χ3n) is 4.31. The highest BCUT2D eigenvalue weighted by Crippen LogP contribution is 2.31. The largest absolute Gasteiger partial charge is 0.336 e. The molecule has 0 radical (unpaired) electrons. The second-order valence-corrected chi connectivity index (χ2v) is 9.75. The van der Waals surface area contributed by atoms with Crippen LogP contribution in [0.3, 0.4) is 0 Å². The molecule has 0 spiro atoms. The number of nitrogens with zero attached hydrogens (tertiary/aromatic N) is 2. The molecule has 0 unspecified atom stereocenters. The predicted octanol–water partition coefficient (Wildman–Crippen LogP) is 2.98. The van der Waals surface area contributed by atoms with E-state index in [1.807, 2.05) is 32.9 Å². The fraction of sp³-hybridized carbons (Fsp3) is 0.444. The van der Waals surface area contributed by atoms with Gasteiger partial charge in [-0.2, -0.15) is 4.31 Å². The Morgan fingerprint density at radius 2 is 2.00 bits per heavy atom. The van der Waals surface area contributed by atoms with Gasteiger partial charge in [0.05, 0.1) is 17.1 Å². The Hall–Kier alpha value is -1.97. The fourth-order valence-electron chi connectivity index (χ4n) is 2.87. The van der Waals surface area contributed by atoms with Crippen LogP contribution in [-0.4, -0.2) is 36.3 Å². The zero-order chi connectivity index (χ0) is 19.6. The summed E-state index contributed by atoms with van der Waals surface area (Å²) in [5.74, 6) is 0. The third-order valence-corrected chi connectivity index (χ3v) is 7.16. The van der Waals surface area contributed by atoms with Gasteiger partial charge in [0.15, 0.2) is 5.13 Å². The number of anilines is 1. The number of rotatable bonds is 5. The molecule has 7 nitrogen and oxygen atoms in total. The van der Waals surface area contributed by atoms with Crippen molar-refractivity contribution in [1.29, 1.82) is 0 Å². The van der Waals surface area contributed by atoms with E-state index in [1.54, 1.807) is 12.1 Å². The molecule has 2 aromatic rings. The quantitative estimate of drug-likeness (QED) is 0.796. The van der Waals surface area contributed by atoms with Crippen LogP contribution in [0.15, 0.2) is 29.2 Å². The van der Waals surface area contributed by atoms with E-state index in [9.17, 15) is 13.2 Å². The second-order valence-electron chi connectivity index (χ2n) is 6.73. The summed E-state index contributed by atoms with van der Waals surface area (Å²) in [5.41, 5.74) is 1.96. The maximum atomic E-state index is 12.9. The second kappa shape index (κ2) is 7.95. The van der Waals surface area contributed by atoms with E-state index >= 15 is 0 Å².